The van der Waals surface area contributed by atoms with Crippen molar-refractivity contribution in [2.75, 3.05) is 25.5 Å². The summed E-state index contributed by atoms with van der Waals surface area (Å²) in [6.07, 6.45) is 0. The highest BCUT2D eigenvalue weighted by molar-refractivity contribution is 9.10. The summed E-state index contributed by atoms with van der Waals surface area (Å²) in [7, 11) is 1.88. The fourth-order valence-corrected chi connectivity index (χ4v) is 2.41. The topological polar surface area (TPSA) is 65.4 Å². The van der Waals surface area contributed by atoms with Crippen molar-refractivity contribution >= 4 is 27.5 Å². The molecule has 0 radical (unpaired) electrons. The van der Waals surface area contributed by atoms with E-state index in [1.54, 1.807) is 24.3 Å². The molecule has 2 aromatic rings. The lowest BCUT2D eigenvalue weighted by Crippen LogP contribution is -2.41. The molecule has 6 heteroatoms. The number of ether oxygens (including phenoxy) is 1. The molecule has 2 aromatic carbocycles. The van der Waals surface area contributed by atoms with E-state index in [9.17, 15) is 4.79 Å². The van der Waals surface area contributed by atoms with Crippen LogP contribution in [0.3, 0.4) is 0 Å². The molecule has 0 spiro atoms. The van der Waals surface area contributed by atoms with Gasteiger partial charge in [0.25, 0.3) is 0 Å². The number of hydrogen-bond acceptors (Lipinski definition) is 4. The molecule has 130 valence electrons. The second-order valence-corrected chi connectivity index (χ2v) is 6.56. The Balaban J connectivity index is 1.81. The molecular weight excluding hydrogens is 382 g/mol. The van der Waals surface area contributed by atoms with Crippen molar-refractivity contribution in [2.45, 2.75) is 13.0 Å². The van der Waals surface area contributed by atoms with Crippen LogP contribution in [0.1, 0.15) is 12.5 Å². The van der Waals surface area contributed by atoms with Crippen LogP contribution in [0.4, 0.5) is 5.69 Å². The Hall–Kier alpha value is -2.36. The summed E-state index contributed by atoms with van der Waals surface area (Å²) in [5.74, 6) is 0.670. The van der Waals surface area contributed by atoms with E-state index in [-0.39, 0.29) is 11.9 Å². The zero-order valence-electron chi connectivity index (χ0n) is 14.2. The van der Waals surface area contributed by atoms with E-state index in [1.807, 2.05) is 43.1 Å². The third kappa shape index (κ3) is 5.89. The zero-order chi connectivity index (χ0) is 18.2. The summed E-state index contributed by atoms with van der Waals surface area (Å²) < 4.78 is 6.68. The Morgan fingerprint density at radius 3 is 2.72 bits per heavy atom. The second kappa shape index (κ2) is 9.21. The lowest BCUT2D eigenvalue weighted by atomic mass is 10.2. The molecular formula is C19H20BrN3O2. The fraction of sp³-hybridized carbons (Fsp3) is 0.263. The lowest BCUT2D eigenvalue weighted by molar-refractivity contribution is -0.120. The summed E-state index contributed by atoms with van der Waals surface area (Å²) in [5.41, 5.74) is 1.14. The molecule has 2 rings (SSSR count). The normalized spacial score (nSPS) is 11.6. The second-order valence-electron chi connectivity index (χ2n) is 5.64. The molecule has 5 nitrogen and oxygen atoms in total. The molecule has 0 aliphatic carbocycles. The molecule has 0 saturated heterocycles. The molecule has 0 saturated carbocycles. The Morgan fingerprint density at radius 2 is 2.04 bits per heavy atom. The fourth-order valence-electron chi connectivity index (χ4n) is 2.15. The molecule has 0 bridgehead atoms. The predicted octanol–water partition coefficient (Wildman–Crippen LogP) is 3.66. The molecule has 1 N–H and O–H groups in total. The highest BCUT2D eigenvalue weighted by Crippen LogP contribution is 2.16. The van der Waals surface area contributed by atoms with Crippen molar-refractivity contribution in [1.82, 2.24) is 4.90 Å². The maximum absolute atomic E-state index is 12.3. The van der Waals surface area contributed by atoms with Crippen LogP contribution in [0.5, 0.6) is 5.75 Å². The van der Waals surface area contributed by atoms with E-state index in [0.29, 0.717) is 24.4 Å². The van der Waals surface area contributed by atoms with Crippen LogP contribution >= 0.6 is 15.9 Å². The first-order chi connectivity index (χ1) is 12.0. The van der Waals surface area contributed by atoms with Crippen molar-refractivity contribution in [3.63, 3.8) is 0 Å². The molecule has 0 aromatic heterocycles. The Labute approximate surface area is 156 Å². The number of carbonyl (C=O) groups is 1. The highest BCUT2D eigenvalue weighted by Gasteiger charge is 2.18. The van der Waals surface area contributed by atoms with E-state index >= 15 is 0 Å². The maximum Gasteiger partial charge on any atom is 0.241 e. The Bertz CT molecular complexity index is 756. The van der Waals surface area contributed by atoms with E-state index in [0.717, 1.165) is 10.2 Å². The standard InChI is InChI=1S/C19H20BrN3O2/c1-14(19(24)22-17-5-3-4-15(12-17)13-21)23(2)10-11-25-18-8-6-16(20)7-9-18/h3-9,12,14H,10-11H2,1-2H3,(H,22,24)/t14-/m1/s1. The monoisotopic (exact) mass is 401 g/mol. The van der Waals surface area contributed by atoms with E-state index in [2.05, 4.69) is 27.3 Å². The van der Waals surface area contributed by atoms with Crippen molar-refractivity contribution in [1.29, 1.82) is 5.26 Å². The average molecular weight is 402 g/mol. The van der Waals surface area contributed by atoms with Gasteiger partial charge in [-0.05, 0) is 56.4 Å². The number of nitrogens with one attached hydrogen (secondary N) is 1. The summed E-state index contributed by atoms with van der Waals surface area (Å²) in [5, 5.41) is 11.7. The van der Waals surface area contributed by atoms with E-state index < -0.39 is 0 Å². The van der Waals surface area contributed by atoms with Gasteiger partial charge in [0.05, 0.1) is 17.7 Å². The highest BCUT2D eigenvalue weighted by atomic mass is 79.9. The number of halogens is 1. The van der Waals surface area contributed by atoms with Gasteiger partial charge in [0.2, 0.25) is 5.91 Å². The van der Waals surface area contributed by atoms with Gasteiger partial charge in [-0.3, -0.25) is 9.69 Å². The van der Waals surface area contributed by atoms with E-state index in [4.69, 9.17) is 10.00 Å². The number of nitrogens with zero attached hydrogens (tertiary/aromatic N) is 2. The minimum Gasteiger partial charge on any atom is -0.492 e. The van der Waals surface area contributed by atoms with Crippen LogP contribution < -0.4 is 10.1 Å². The molecule has 0 unspecified atom stereocenters. The smallest absolute Gasteiger partial charge is 0.241 e. The van der Waals surface area contributed by atoms with Gasteiger partial charge < -0.3 is 10.1 Å². The molecule has 0 aliphatic heterocycles. The first-order valence-corrected chi connectivity index (χ1v) is 8.68. The van der Waals surface area contributed by atoms with E-state index in [1.165, 1.54) is 0 Å². The largest absolute Gasteiger partial charge is 0.492 e. The van der Waals surface area contributed by atoms with Gasteiger partial charge in [0.1, 0.15) is 12.4 Å². The average Bonchev–Trinajstić information content (AvgIpc) is 2.62. The van der Waals surface area contributed by atoms with Crippen LogP contribution in [-0.4, -0.2) is 37.0 Å². The predicted molar refractivity (Wildman–Crippen MR) is 102 cm³/mol. The van der Waals surface area contributed by atoms with Crippen LogP contribution in [0.2, 0.25) is 0 Å². The molecule has 0 fully saturated rings. The minimum absolute atomic E-state index is 0.124. The summed E-state index contributed by atoms with van der Waals surface area (Å²) in [4.78, 5) is 14.3. The van der Waals surface area contributed by atoms with Crippen LogP contribution in [0.25, 0.3) is 0 Å². The first-order valence-electron chi connectivity index (χ1n) is 7.89. The van der Waals surface area contributed by atoms with Gasteiger partial charge in [-0.15, -0.1) is 0 Å². The third-order valence-electron chi connectivity index (χ3n) is 3.83. The molecule has 25 heavy (non-hydrogen) atoms. The zero-order valence-corrected chi connectivity index (χ0v) is 15.8. The third-order valence-corrected chi connectivity index (χ3v) is 4.35. The van der Waals surface area contributed by atoms with Gasteiger partial charge in [-0.2, -0.15) is 5.26 Å². The number of amides is 1. The lowest BCUT2D eigenvalue weighted by Gasteiger charge is -2.23. The summed E-state index contributed by atoms with van der Waals surface area (Å²) in [6, 6.07) is 16.2. The van der Waals surface area contributed by atoms with Crippen molar-refractivity contribution < 1.29 is 9.53 Å². The van der Waals surface area contributed by atoms with Gasteiger partial charge in [0, 0.05) is 16.7 Å². The van der Waals surface area contributed by atoms with Gasteiger partial charge in [0.15, 0.2) is 0 Å². The maximum atomic E-state index is 12.3. The minimum atomic E-state index is -0.320. The number of hydrogen-bond donors (Lipinski definition) is 1. The van der Waals surface area contributed by atoms with Crippen LogP contribution in [0, 0.1) is 11.3 Å². The van der Waals surface area contributed by atoms with Crippen molar-refractivity contribution in [3.8, 4) is 11.8 Å². The van der Waals surface area contributed by atoms with Crippen molar-refractivity contribution in [3.05, 3.63) is 58.6 Å². The summed E-state index contributed by atoms with van der Waals surface area (Å²) in [6.45, 7) is 2.94. The Morgan fingerprint density at radius 1 is 1.32 bits per heavy atom. The first kappa shape index (κ1) is 19.0. The van der Waals surface area contributed by atoms with Crippen LogP contribution in [-0.2, 0) is 4.79 Å². The van der Waals surface area contributed by atoms with Gasteiger partial charge in [-0.1, -0.05) is 22.0 Å². The van der Waals surface area contributed by atoms with Crippen LogP contribution in [0.15, 0.2) is 53.0 Å². The SMILES string of the molecule is C[C@H](C(=O)Nc1cccc(C#N)c1)N(C)CCOc1ccc(Br)cc1. The quantitative estimate of drug-likeness (QED) is 0.768. The van der Waals surface area contributed by atoms with Gasteiger partial charge in [-0.25, -0.2) is 0 Å². The number of likely N-dealkylation sites (N-methyl/N-ethyl adjacent to an activating group) is 1. The van der Waals surface area contributed by atoms with Crippen molar-refractivity contribution in [2.24, 2.45) is 0 Å². The Kier molecular flexibility index (Phi) is 6.99. The molecule has 1 atom stereocenters. The number of carbonyl (C=O) groups excluding carboxylic acids is 1. The number of anilines is 1. The summed E-state index contributed by atoms with van der Waals surface area (Å²) >= 11 is 3.38. The molecule has 0 aliphatic rings. The number of benzene rings is 2. The number of nitriles is 1. The number of rotatable bonds is 7. The van der Waals surface area contributed by atoms with Gasteiger partial charge >= 0.3 is 0 Å². The molecule has 1 amide bonds. The molecule has 0 heterocycles.